The van der Waals surface area contributed by atoms with E-state index in [1.165, 1.54) is 19.1 Å². The molecule has 0 aliphatic heterocycles. The minimum absolute atomic E-state index is 0.0165. The van der Waals surface area contributed by atoms with Gasteiger partial charge in [-0.2, -0.15) is 0 Å². The number of nitro benzene ring substituents is 1. The Balaban J connectivity index is 3.20. The molecule has 8 heteroatoms. The summed E-state index contributed by atoms with van der Waals surface area (Å²) in [6.45, 7) is 4.64. The zero-order valence-corrected chi connectivity index (χ0v) is 12.4. The molecule has 0 amide bonds. The number of aryl methyl sites for hydroxylation is 1. The van der Waals surface area contributed by atoms with Gasteiger partial charge in [-0.3, -0.25) is 10.1 Å². The molecule has 0 heterocycles. The highest BCUT2D eigenvalue weighted by atomic mass is 32.2. The molecular weight excluding hydrogens is 284 g/mol. The number of nitrogens with one attached hydrogen (secondary N) is 1. The predicted octanol–water partition coefficient (Wildman–Crippen LogP) is 1.20. The highest BCUT2D eigenvalue weighted by Crippen LogP contribution is 2.27. The summed E-state index contributed by atoms with van der Waals surface area (Å²) in [5.74, 6) is 0. The summed E-state index contributed by atoms with van der Waals surface area (Å²) in [5, 5.41) is 20.1. The highest BCUT2D eigenvalue weighted by molar-refractivity contribution is 7.89. The lowest BCUT2D eigenvalue weighted by atomic mass is 9.96. The van der Waals surface area contributed by atoms with Gasteiger partial charge in [-0.25, -0.2) is 13.1 Å². The Bertz CT molecular complexity index is 610. The Morgan fingerprint density at radius 3 is 2.50 bits per heavy atom. The Morgan fingerprint density at radius 2 is 2.00 bits per heavy atom. The van der Waals surface area contributed by atoms with Gasteiger partial charge in [0, 0.05) is 24.6 Å². The predicted molar refractivity (Wildman–Crippen MR) is 73.9 cm³/mol. The number of sulfonamides is 1. The van der Waals surface area contributed by atoms with Crippen LogP contribution in [0.15, 0.2) is 23.1 Å². The summed E-state index contributed by atoms with van der Waals surface area (Å²) in [5.41, 5.74) is -0.808. The molecule has 0 unspecified atom stereocenters. The van der Waals surface area contributed by atoms with Crippen molar-refractivity contribution in [2.24, 2.45) is 5.41 Å². The van der Waals surface area contributed by atoms with Gasteiger partial charge in [0.25, 0.3) is 5.69 Å². The molecule has 0 atom stereocenters. The van der Waals surface area contributed by atoms with Gasteiger partial charge in [-0.1, -0.05) is 26.0 Å². The van der Waals surface area contributed by atoms with Crippen molar-refractivity contribution in [3.63, 3.8) is 0 Å². The molecule has 112 valence electrons. The molecule has 0 saturated heterocycles. The Kier molecular flexibility index (Phi) is 4.85. The normalized spacial score (nSPS) is 12.4. The summed E-state index contributed by atoms with van der Waals surface area (Å²) in [6, 6.07) is 4.08. The van der Waals surface area contributed by atoms with Crippen LogP contribution in [0.4, 0.5) is 5.69 Å². The lowest BCUT2D eigenvalue weighted by Gasteiger charge is -2.22. The van der Waals surface area contributed by atoms with E-state index in [1.807, 2.05) is 0 Å². The van der Waals surface area contributed by atoms with Crippen molar-refractivity contribution in [2.45, 2.75) is 25.7 Å². The first-order chi connectivity index (χ1) is 9.10. The van der Waals surface area contributed by atoms with Crippen LogP contribution in [0.1, 0.15) is 19.4 Å². The third-order valence-corrected chi connectivity index (χ3v) is 4.42. The fraction of sp³-hybridized carbons (Fsp3) is 0.500. The van der Waals surface area contributed by atoms with Crippen molar-refractivity contribution in [3.8, 4) is 0 Å². The van der Waals surface area contributed by atoms with Gasteiger partial charge in [0.15, 0.2) is 4.90 Å². The number of nitro groups is 1. The Hall–Kier alpha value is -1.51. The summed E-state index contributed by atoms with van der Waals surface area (Å²) >= 11 is 0. The molecule has 2 N–H and O–H groups in total. The first-order valence-corrected chi connectivity index (χ1v) is 7.43. The SMILES string of the molecule is Cc1cccc([N+](=O)[O-])c1S(=O)(=O)NCC(C)(C)CO. The standard InChI is InChI=1S/C12H18N2O5S/c1-9-5-4-6-10(14(16)17)11(9)20(18,19)13-7-12(2,3)8-15/h4-6,13,15H,7-8H2,1-3H3. The lowest BCUT2D eigenvalue weighted by molar-refractivity contribution is -0.387. The summed E-state index contributed by atoms with van der Waals surface area (Å²) < 4.78 is 26.8. The number of nitrogens with zero attached hydrogens (tertiary/aromatic N) is 1. The minimum atomic E-state index is -4.01. The minimum Gasteiger partial charge on any atom is -0.396 e. The molecule has 0 aliphatic carbocycles. The number of aliphatic hydroxyl groups is 1. The molecule has 7 nitrogen and oxygen atoms in total. The Labute approximate surface area is 117 Å². The van der Waals surface area contributed by atoms with Gasteiger partial charge in [0.2, 0.25) is 10.0 Å². The fourth-order valence-electron chi connectivity index (χ4n) is 1.55. The van der Waals surface area contributed by atoms with Crippen LogP contribution in [0.2, 0.25) is 0 Å². The van der Waals surface area contributed by atoms with Crippen LogP contribution < -0.4 is 4.72 Å². The molecule has 0 spiro atoms. The van der Waals surface area contributed by atoms with E-state index < -0.39 is 26.0 Å². The first-order valence-electron chi connectivity index (χ1n) is 5.95. The maximum Gasteiger partial charge on any atom is 0.289 e. The number of hydrogen-bond donors (Lipinski definition) is 2. The van der Waals surface area contributed by atoms with Crippen LogP contribution in [0, 0.1) is 22.5 Å². The lowest BCUT2D eigenvalue weighted by Crippen LogP contribution is -2.36. The third-order valence-electron chi connectivity index (χ3n) is 2.83. The quantitative estimate of drug-likeness (QED) is 0.606. The van der Waals surface area contributed by atoms with Gasteiger partial charge < -0.3 is 5.11 Å². The smallest absolute Gasteiger partial charge is 0.289 e. The zero-order chi connectivity index (χ0) is 15.6. The number of rotatable bonds is 6. The molecule has 0 radical (unpaired) electrons. The van der Waals surface area contributed by atoms with Crippen LogP contribution >= 0.6 is 0 Å². The molecule has 1 aromatic carbocycles. The molecule has 0 saturated carbocycles. The summed E-state index contributed by atoms with van der Waals surface area (Å²) in [6.07, 6.45) is 0. The maximum atomic E-state index is 12.2. The van der Waals surface area contributed by atoms with E-state index in [1.54, 1.807) is 13.8 Å². The van der Waals surface area contributed by atoms with Crippen LogP contribution in [-0.4, -0.2) is 31.6 Å². The highest BCUT2D eigenvalue weighted by Gasteiger charge is 2.29. The fourth-order valence-corrected chi connectivity index (χ4v) is 3.18. The average Bonchev–Trinajstić information content (AvgIpc) is 2.36. The zero-order valence-electron chi connectivity index (χ0n) is 11.6. The maximum absolute atomic E-state index is 12.2. The van der Waals surface area contributed by atoms with E-state index >= 15 is 0 Å². The molecule has 1 aromatic rings. The second kappa shape index (κ2) is 5.86. The van der Waals surface area contributed by atoms with Crippen LogP contribution in [0.5, 0.6) is 0 Å². The average molecular weight is 302 g/mol. The van der Waals surface area contributed by atoms with Crippen molar-refractivity contribution in [3.05, 3.63) is 33.9 Å². The monoisotopic (exact) mass is 302 g/mol. The molecule has 0 aromatic heterocycles. The van der Waals surface area contributed by atoms with Gasteiger partial charge >= 0.3 is 0 Å². The van der Waals surface area contributed by atoms with Crippen molar-refractivity contribution in [1.82, 2.24) is 4.72 Å². The van der Waals surface area contributed by atoms with E-state index in [2.05, 4.69) is 4.72 Å². The molecule has 0 fully saturated rings. The molecule has 1 rings (SSSR count). The van der Waals surface area contributed by atoms with E-state index in [0.717, 1.165) is 6.07 Å². The van der Waals surface area contributed by atoms with Crippen molar-refractivity contribution >= 4 is 15.7 Å². The molecular formula is C12H18N2O5S. The molecule has 20 heavy (non-hydrogen) atoms. The number of benzene rings is 1. The number of aliphatic hydroxyl groups excluding tert-OH is 1. The van der Waals surface area contributed by atoms with E-state index in [4.69, 9.17) is 5.11 Å². The van der Waals surface area contributed by atoms with Gasteiger partial charge in [-0.05, 0) is 12.5 Å². The van der Waals surface area contributed by atoms with E-state index in [9.17, 15) is 18.5 Å². The molecule has 0 aliphatic rings. The van der Waals surface area contributed by atoms with Gasteiger partial charge in [-0.15, -0.1) is 0 Å². The topological polar surface area (TPSA) is 110 Å². The van der Waals surface area contributed by atoms with E-state index in [-0.39, 0.29) is 18.0 Å². The Morgan fingerprint density at radius 1 is 1.40 bits per heavy atom. The van der Waals surface area contributed by atoms with Gasteiger partial charge in [0.05, 0.1) is 4.92 Å². The number of hydrogen-bond acceptors (Lipinski definition) is 5. The third kappa shape index (κ3) is 3.75. The van der Waals surface area contributed by atoms with Crippen LogP contribution in [-0.2, 0) is 10.0 Å². The second-order valence-corrected chi connectivity index (χ2v) is 7.03. The van der Waals surface area contributed by atoms with E-state index in [0.29, 0.717) is 5.56 Å². The first kappa shape index (κ1) is 16.5. The summed E-state index contributed by atoms with van der Waals surface area (Å²) in [7, 11) is -4.01. The second-order valence-electron chi connectivity index (χ2n) is 5.33. The van der Waals surface area contributed by atoms with Crippen LogP contribution in [0.3, 0.4) is 0 Å². The van der Waals surface area contributed by atoms with Gasteiger partial charge in [0.1, 0.15) is 0 Å². The largest absolute Gasteiger partial charge is 0.396 e. The van der Waals surface area contributed by atoms with Crippen molar-refractivity contribution in [2.75, 3.05) is 13.2 Å². The summed E-state index contributed by atoms with van der Waals surface area (Å²) in [4.78, 5) is 9.89. The van der Waals surface area contributed by atoms with Crippen molar-refractivity contribution < 1.29 is 18.4 Å². The molecule has 0 bridgehead atoms. The van der Waals surface area contributed by atoms with Crippen LogP contribution in [0.25, 0.3) is 0 Å². The van der Waals surface area contributed by atoms with Crippen molar-refractivity contribution in [1.29, 1.82) is 0 Å².